The molecular formula is C31H42O10. The first-order chi connectivity index (χ1) is 19.8. The normalized spacial score (nSPS) is 19.6. The lowest BCUT2D eigenvalue weighted by Gasteiger charge is -2.18. The number of benzene rings is 2. The third kappa shape index (κ3) is 11.4. The highest BCUT2D eigenvalue weighted by Gasteiger charge is 2.44. The SMILES string of the molecule is CC.CC/C=C/c1ccc(O)c(OC)c1.COc1cc(/C=C/C(=O)CCC=O)ccc1OC1OC(CO)C(O)C1O. The van der Waals surface area contributed by atoms with Crippen molar-refractivity contribution < 1.29 is 49.0 Å². The van der Waals surface area contributed by atoms with Gasteiger partial charge in [0.05, 0.1) is 20.8 Å². The fourth-order valence-electron chi connectivity index (χ4n) is 3.50. The van der Waals surface area contributed by atoms with Crippen LogP contribution in [0.2, 0.25) is 0 Å². The second kappa shape index (κ2) is 19.4. The van der Waals surface area contributed by atoms with Gasteiger partial charge < -0.3 is 44.2 Å². The Hall–Kier alpha value is -3.70. The predicted octanol–water partition coefficient (Wildman–Crippen LogP) is 3.92. The molecule has 1 saturated heterocycles. The minimum Gasteiger partial charge on any atom is -0.504 e. The monoisotopic (exact) mass is 574 g/mol. The molecule has 0 radical (unpaired) electrons. The van der Waals surface area contributed by atoms with Gasteiger partial charge in [-0.1, -0.05) is 51.1 Å². The van der Waals surface area contributed by atoms with Crippen LogP contribution in [0.15, 0.2) is 48.6 Å². The lowest BCUT2D eigenvalue weighted by molar-refractivity contribution is -0.117. The number of rotatable bonds is 12. The predicted molar refractivity (Wildman–Crippen MR) is 156 cm³/mol. The summed E-state index contributed by atoms with van der Waals surface area (Å²) < 4.78 is 21.0. The molecule has 41 heavy (non-hydrogen) atoms. The molecular weight excluding hydrogens is 532 g/mol. The number of carbonyl (C=O) groups excluding carboxylic acids is 2. The van der Waals surface area contributed by atoms with Crippen LogP contribution in [0.1, 0.15) is 51.2 Å². The zero-order valence-electron chi connectivity index (χ0n) is 24.2. The maximum Gasteiger partial charge on any atom is 0.229 e. The molecule has 3 rings (SSSR count). The summed E-state index contributed by atoms with van der Waals surface area (Å²) in [4.78, 5) is 21.8. The number of carbonyl (C=O) groups is 2. The average molecular weight is 575 g/mol. The van der Waals surface area contributed by atoms with E-state index in [1.807, 2.05) is 32.1 Å². The van der Waals surface area contributed by atoms with Gasteiger partial charge in [0, 0.05) is 12.8 Å². The van der Waals surface area contributed by atoms with E-state index in [2.05, 4.69) is 13.0 Å². The standard InChI is InChI=1S/C18H22O8.C11H14O2.C2H6/c1-24-14-9-11(4-6-12(21)3-2-8-19)5-7-13(14)25-18-17(23)16(22)15(10-20)26-18;1-3-4-5-9-6-7-10(12)11(8-9)13-2;1-2/h4-9,15-18,20,22-23H,2-3,10H2,1H3;4-8,12H,3H2,1-2H3;1-2H3/b6-4+;5-4+;. The van der Waals surface area contributed by atoms with Crippen LogP contribution in [0, 0.1) is 0 Å². The number of hydrogen-bond acceptors (Lipinski definition) is 10. The van der Waals surface area contributed by atoms with Crippen LogP contribution in [0.4, 0.5) is 0 Å². The van der Waals surface area contributed by atoms with Crippen molar-refractivity contribution in [2.24, 2.45) is 0 Å². The first-order valence-corrected chi connectivity index (χ1v) is 13.4. The van der Waals surface area contributed by atoms with Gasteiger partial charge >= 0.3 is 0 Å². The Labute approximate surface area is 241 Å². The molecule has 4 atom stereocenters. The molecule has 226 valence electrons. The van der Waals surface area contributed by atoms with E-state index in [0.29, 0.717) is 23.3 Å². The highest BCUT2D eigenvalue weighted by atomic mass is 16.7. The van der Waals surface area contributed by atoms with Gasteiger partial charge in [-0.25, -0.2) is 0 Å². The summed E-state index contributed by atoms with van der Waals surface area (Å²) in [5.41, 5.74) is 1.71. The third-order valence-electron chi connectivity index (χ3n) is 5.65. The van der Waals surface area contributed by atoms with Gasteiger partial charge in [0.1, 0.15) is 24.6 Å². The van der Waals surface area contributed by atoms with Crippen LogP contribution < -0.4 is 14.2 Å². The van der Waals surface area contributed by atoms with Crippen molar-refractivity contribution >= 4 is 24.2 Å². The number of aromatic hydroxyl groups is 1. The summed E-state index contributed by atoms with van der Waals surface area (Å²) in [6.45, 7) is 5.63. The molecule has 0 saturated carbocycles. The largest absolute Gasteiger partial charge is 0.504 e. The molecule has 1 aliphatic heterocycles. The van der Waals surface area contributed by atoms with Crippen LogP contribution >= 0.6 is 0 Å². The first kappa shape index (κ1) is 35.3. The summed E-state index contributed by atoms with van der Waals surface area (Å²) >= 11 is 0. The molecule has 1 heterocycles. The second-order valence-corrected chi connectivity index (χ2v) is 8.48. The lowest BCUT2D eigenvalue weighted by atomic mass is 10.1. The highest BCUT2D eigenvalue weighted by molar-refractivity contribution is 5.94. The van der Waals surface area contributed by atoms with Gasteiger partial charge in [-0.15, -0.1) is 0 Å². The minimum absolute atomic E-state index is 0.156. The summed E-state index contributed by atoms with van der Waals surface area (Å²) in [5, 5.41) is 38.1. The Morgan fingerprint density at radius 1 is 0.951 bits per heavy atom. The van der Waals surface area contributed by atoms with Gasteiger partial charge in [0.25, 0.3) is 0 Å². The zero-order valence-corrected chi connectivity index (χ0v) is 24.2. The first-order valence-electron chi connectivity index (χ1n) is 13.4. The van der Waals surface area contributed by atoms with Crippen molar-refractivity contribution in [3.05, 3.63) is 59.7 Å². The van der Waals surface area contributed by atoms with Crippen molar-refractivity contribution in [1.29, 1.82) is 0 Å². The van der Waals surface area contributed by atoms with Gasteiger partial charge in [0.15, 0.2) is 28.8 Å². The molecule has 0 aromatic heterocycles. The molecule has 0 spiro atoms. The summed E-state index contributed by atoms with van der Waals surface area (Å²) in [6, 6.07) is 10.2. The van der Waals surface area contributed by atoms with E-state index in [1.54, 1.807) is 37.5 Å². The summed E-state index contributed by atoms with van der Waals surface area (Å²) in [7, 11) is 2.98. The number of aliphatic hydroxyl groups is 3. The molecule has 4 unspecified atom stereocenters. The van der Waals surface area contributed by atoms with Crippen molar-refractivity contribution in [2.45, 2.75) is 64.6 Å². The van der Waals surface area contributed by atoms with Crippen LogP contribution in [-0.2, 0) is 14.3 Å². The van der Waals surface area contributed by atoms with E-state index in [4.69, 9.17) is 24.1 Å². The molecule has 2 aromatic rings. The van der Waals surface area contributed by atoms with E-state index in [0.717, 1.165) is 12.0 Å². The van der Waals surface area contributed by atoms with E-state index < -0.39 is 31.2 Å². The van der Waals surface area contributed by atoms with E-state index in [1.165, 1.54) is 13.2 Å². The molecule has 4 N–H and O–H groups in total. The number of methoxy groups -OCH3 is 2. The van der Waals surface area contributed by atoms with Crippen LogP contribution in [0.3, 0.4) is 0 Å². The molecule has 10 heteroatoms. The Kier molecular flexibility index (Phi) is 16.7. The zero-order chi connectivity index (χ0) is 30.8. The second-order valence-electron chi connectivity index (χ2n) is 8.48. The lowest BCUT2D eigenvalue weighted by Crippen LogP contribution is -2.35. The van der Waals surface area contributed by atoms with E-state index in [9.17, 15) is 24.9 Å². The Balaban J connectivity index is 0.000000469. The number of hydrogen-bond donors (Lipinski definition) is 4. The van der Waals surface area contributed by atoms with Crippen LogP contribution in [-0.4, -0.2) is 77.9 Å². The van der Waals surface area contributed by atoms with E-state index in [-0.39, 0.29) is 30.1 Å². The van der Waals surface area contributed by atoms with Gasteiger partial charge in [-0.3, -0.25) is 4.79 Å². The van der Waals surface area contributed by atoms with Crippen LogP contribution in [0.5, 0.6) is 23.0 Å². The number of phenols is 1. The minimum atomic E-state index is -1.31. The average Bonchev–Trinajstić information content (AvgIpc) is 3.28. The molecule has 1 aliphatic rings. The molecule has 10 nitrogen and oxygen atoms in total. The summed E-state index contributed by atoms with van der Waals surface area (Å²) in [5.74, 6) is 1.13. The fourth-order valence-corrected chi connectivity index (χ4v) is 3.50. The third-order valence-corrected chi connectivity index (χ3v) is 5.65. The number of phenolic OH excluding ortho intramolecular Hbond substituents is 1. The van der Waals surface area contributed by atoms with Crippen LogP contribution in [0.25, 0.3) is 12.2 Å². The molecule has 0 aliphatic carbocycles. The van der Waals surface area contributed by atoms with Gasteiger partial charge in [-0.05, 0) is 47.9 Å². The maximum absolute atomic E-state index is 11.6. The number of aldehydes is 1. The van der Waals surface area contributed by atoms with Crippen molar-refractivity contribution in [1.82, 2.24) is 0 Å². The number of aliphatic hydroxyl groups excluding tert-OH is 3. The smallest absolute Gasteiger partial charge is 0.229 e. The van der Waals surface area contributed by atoms with Crippen molar-refractivity contribution in [3.8, 4) is 23.0 Å². The fraction of sp³-hybridized carbons (Fsp3) is 0.419. The quantitative estimate of drug-likeness (QED) is 0.217. The number of ketones is 1. The molecule has 0 bridgehead atoms. The maximum atomic E-state index is 11.6. The van der Waals surface area contributed by atoms with E-state index >= 15 is 0 Å². The topological polar surface area (TPSA) is 152 Å². The molecule has 0 amide bonds. The summed E-state index contributed by atoms with van der Waals surface area (Å²) in [6.07, 6.45) is 4.42. The van der Waals surface area contributed by atoms with Gasteiger partial charge in [-0.2, -0.15) is 0 Å². The highest BCUT2D eigenvalue weighted by Crippen LogP contribution is 2.32. The van der Waals surface area contributed by atoms with Crippen molar-refractivity contribution in [2.75, 3.05) is 20.8 Å². The van der Waals surface area contributed by atoms with Gasteiger partial charge in [0.2, 0.25) is 6.29 Å². The Morgan fingerprint density at radius 2 is 1.59 bits per heavy atom. The molecule has 2 aromatic carbocycles. The number of allylic oxidation sites excluding steroid dienone is 2. The molecule has 1 fully saturated rings. The Bertz CT molecular complexity index is 1130. The number of ether oxygens (including phenoxy) is 4. The van der Waals surface area contributed by atoms with Crippen molar-refractivity contribution in [3.63, 3.8) is 0 Å². The Morgan fingerprint density at radius 3 is 2.17 bits per heavy atom.